The predicted octanol–water partition coefficient (Wildman–Crippen LogP) is 2.68. The van der Waals surface area contributed by atoms with Crippen LogP contribution in [0.3, 0.4) is 0 Å². The summed E-state index contributed by atoms with van der Waals surface area (Å²) >= 11 is 0. The third kappa shape index (κ3) is 1.05. The first kappa shape index (κ1) is 7.22. The summed E-state index contributed by atoms with van der Waals surface area (Å²) in [5, 5.41) is 0.848. The van der Waals surface area contributed by atoms with E-state index in [0.29, 0.717) is 5.52 Å². The van der Waals surface area contributed by atoms with E-state index in [0.717, 1.165) is 11.1 Å². The smallest absolute Gasteiger partial charge is 0.149 e. The Labute approximate surface area is 69.9 Å². The van der Waals surface area contributed by atoms with E-state index >= 15 is 0 Å². The van der Waals surface area contributed by atoms with Crippen LogP contribution in [0.1, 0.15) is 5.69 Å². The number of rotatable bonds is 0. The number of aryl methyl sites for hydroxylation is 1. The third-order valence-corrected chi connectivity index (χ3v) is 1.81. The van der Waals surface area contributed by atoms with E-state index in [9.17, 15) is 4.39 Å². The van der Waals surface area contributed by atoms with Gasteiger partial charge in [0.15, 0.2) is 0 Å². The predicted molar refractivity (Wildman–Crippen MR) is 46.4 cm³/mol. The molecule has 0 fully saturated rings. The fourth-order valence-electron chi connectivity index (χ4n) is 1.21. The van der Waals surface area contributed by atoms with Crippen molar-refractivity contribution in [1.29, 1.82) is 0 Å². The van der Waals surface area contributed by atoms with Gasteiger partial charge in [0.1, 0.15) is 11.3 Å². The Morgan fingerprint density at radius 1 is 1.17 bits per heavy atom. The maximum absolute atomic E-state index is 13.1. The Hall–Kier alpha value is -1.44. The molecule has 60 valence electrons. The molecule has 0 saturated heterocycles. The van der Waals surface area contributed by atoms with Crippen LogP contribution >= 0.6 is 0 Å². The average molecular weight is 161 g/mol. The summed E-state index contributed by atoms with van der Waals surface area (Å²) < 4.78 is 13.1. The topological polar surface area (TPSA) is 12.9 Å². The summed E-state index contributed by atoms with van der Waals surface area (Å²) in [6.07, 6.45) is 0. The summed E-state index contributed by atoms with van der Waals surface area (Å²) in [5.41, 5.74) is 1.30. The molecule has 2 rings (SSSR count). The van der Waals surface area contributed by atoms with Gasteiger partial charge in [-0.05, 0) is 19.1 Å². The van der Waals surface area contributed by atoms with Gasteiger partial charge in [0.2, 0.25) is 0 Å². The maximum atomic E-state index is 13.1. The summed E-state index contributed by atoms with van der Waals surface area (Å²) in [6, 6.07) is 8.72. The summed E-state index contributed by atoms with van der Waals surface area (Å²) in [5.74, 6) is -0.254. The molecule has 0 spiro atoms. The summed E-state index contributed by atoms with van der Waals surface area (Å²) in [7, 11) is 0. The van der Waals surface area contributed by atoms with Crippen molar-refractivity contribution in [2.24, 2.45) is 0 Å². The van der Waals surface area contributed by atoms with E-state index in [1.807, 2.05) is 25.1 Å². The van der Waals surface area contributed by atoms with Crippen molar-refractivity contribution in [3.05, 3.63) is 41.8 Å². The van der Waals surface area contributed by atoms with Gasteiger partial charge < -0.3 is 0 Å². The molecule has 0 saturated carbocycles. The number of hydrogen-bond donors (Lipinski definition) is 0. The van der Waals surface area contributed by atoms with Crippen molar-refractivity contribution >= 4 is 10.9 Å². The first-order chi connectivity index (χ1) is 5.77. The Morgan fingerprint density at radius 2 is 2.00 bits per heavy atom. The second kappa shape index (κ2) is 2.55. The molecule has 0 radical (unpaired) electrons. The van der Waals surface area contributed by atoms with Crippen LogP contribution in [0.25, 0.3) is 10.9 Å². The Bertz CT molecular complexity index is 423. The number of fused-ring (bicyclic) bond motifs is 1. The lowest BCUT2D eigenvalue weighted by atomic mass is 10.2. The fourth-order valence-corrected chi connectivity index (χ4v) is 1.21. The molecular weight excluding hydrogens is 153 g/mol. The van der Waals surface area contributed by atoms with Gasteiger partial charge in [0, 0.05) is 11.1 Å². The van der Waals surface area contributed by atoms with Gasteiger partial charge in [-0.1, -0.05) is 18.2 Å². The highest BCUT2D eigenvalue weighted by Gasteiger charge is 1.99. The van der Waals surface area contributed by atoms with Gasteiger partial charge in [0.05, 0.1) is 0 Å². The van der Waals surface area contributed by atoms with Crippen LogP contribution in [-0.4, -0.2) is 4.98 Å². The van der Waals surface area contributed by atoms with Crippen molar-refractivity contribution in [3.63, 3.8) is 0 Å². The Morgan fingerprint density at radius 3 is 2.83 bits per heavy atom. The second-order valence-electron chi connectivity index (χ2n) is 2.76. The highest BCUT2D eigenvalue weighted by Crippen LogP contribution is 2.15. The van der Waals surface area contributed by atoms with E-state index in [1.165, 1.54) is 6.07 Å². The fraction of sp³-hybridized carbons (Fsp3) is 0.100. The van der Waals surface area contributed by atoms with Gasteiger partial charge in [0.25, 0.3) is 0 Å². The molecular formula is C10H8FN. The van der Waals surface area contributed by atoms with Crippen LogP contribution in [0, 0.1) is 12.7 Å². The molecule has 0 bridgehead atoms. The van der Waals surface area contributed by atoms with Crippen molar-refractivity contribution in [2.45, 2.75) is 6.92 Å². The van der Waals surface area contributed by atoms with Gasteiger partial charge in [-0.15, -0.1) is 0 Å². The van der Waals surface area contributed by atoms with Crippen LogP contribution in [-0.2, 0) is 0 Å². The van der Waals surface area contributed by atoms with E-state index in [2.05, 4.69) is 4.98 Å². The normalized spacial score (nSPS) is 10.5. The monoisotopic (exact) mass is 161 g/mol. The van der Waals surface area contributed by atoms with E-state index in [-0.39, 0.29) is 5.82 Å². The molecule has 0 unspecified atom stereocenters. The first-order valence-corrected chi connectivity index (χ1v) is 3.79. The number of nitrogens with zero attached hydrogens (tertiary/aromatic N) is 1. The van der Waals surface area contributed by atoms with Crippen LogP contribution in [0.4, 0.5) is 4.39 Å². The lowest BCUT2D eigenvalue weighted by Crippen LogP contribution is -1.85. The first-order valence-electron chi connectivity index (χ1n) is 3.79. The van der Waals surface area contributed by atoms with Crippen LogP contribution in [0.5, 0.6) is 0 Å². The van der Waals surface area contributed by atoms with Crippen LogP contribution in [0.15, 0.2) is 30.3 Å². The van der Waals surface area contributed by atoms with Crippen LogP contribution in [0.2, 0.25) is 0 Å². The lowest BCUT2D eigenvalue weighted by molar-refractivity contribution is 0.636. The molecule has 1 heterocycles. The maximum Gasteiger partial charge on any atom is 0.149 e. The third-order valence-electron chi connectivity index (χ3n) is 1.81. The quantitative estimate of drug-likeness (QED) is 0.578. The van der Waals surface area contributed by atoms with Gasteiger partial charge in [-0.25, -0.2) is 4.39 Å². The average Bonchev–Trinajstić information content (AvgIpc) is 2.07. The molecule has 1 aromatic heterocycles. The van der Waals surface area contributed by atoms with Crippen molar-refractivity contribution in [3.8, 4) is 0 Å². The molecule has 1 nitrogen and oxygen atoms in total. The molecule has 1 aromatic carbocycles. The van der Waals surface area contributed by atoms with Crippen molar-refractivity contribution < 1.29 is 4.39 Å². The standard InChI is InChI=1S/C10H8FN/c1-7-5-6-8-3-2-4-9(11)10(8)12-7/h2-6H,1H3. The zero-order valence-electron chi connectivity index (χ0n) is 6.71. The molecule has 0 N–H and O–H groups in total. The van der Waals surface area contributed by atoms with E-state index in [4.69, 9.17) is 0 Å². The molecule has 0 atom stereocenters. The summed E-state index contributed by atoms with van der Waals surface area (Å²) in [6.45, 7) is 1.85. The number of para-hydroxylation sites is 1. The van der Waals surface area contributed by atoms with Crippen LogP contribution < -0.4 is 0 Å². The van der Waals surface area contributed by atoms with E-state index < -0.39 is 0 Å². The highest BCUT2D eigenvalue weighted by molar-refractivity contribution is 5.78. The molecule has 2 aromatic rings. The summed E-state index contributed by atoms with van der Waals surface area (Å²) in [4.78, 5) is 4.10. The molecule has 0 aliphatic rings. The molecule has 12 heavy (non-hydrogen) atoms. The largest absolute Gasteiger partial charge is 0.250 e. The molecule has 0 aliphatic heterocycles. The highest BCUT2D eigenvalue weighted by atomic mass is 19.1. The molecule has 0 amide bonds. The number of pyridine rings is 1. The SMILES string of the molecule is Cc1ccc2cccc(F)c2n1. The van der Waals surface area contributed by atoms with Gasteiger partial charge >= 0.3 is 0 Å². The minimum atomic E-state index is -0.254. The van der Waals surface area contributed by atoms with Gasteiger partial charge in [-0.2, -0.15) is 0 Å². The van der Waals surface area contributed by atoms with Crippen molar-refractivity contribution in [1.82, 2.24) is 4.98 Å². The number of benzene rings is 1. The Balaban J connectivity index is 2.88. The van der Waals surface area contributed by atoms with E-state index in [1.54, 1.807) is 6.07 Å². The number of aromatic nitrogens is 1. The zero-order valence-corrected chi connectivity index (χ0v) is 6.71. The lowest BCUT2D eigenvalue weighted by Gasteiger charge is -1.98. The van der Waals surface area contributed by atoms with Gasteiger partial charge in [-0.3, -0.25) is 4.98 Å². The minimum absolute atomic E-state index is 0.254. The molecule has 0 aliphatic carbocycles. The second-order valence-corrected chi connectivity index (χ2v) is 2.76. The Kier molecular flexibility index (Phi) is 1.54. The molecule has 2 heteroatoms. The van der Waals surface area contributed by atoms with Crippen molar-refractivity contribution in [2.75, 3.05) is 0 Å². The minimum Gasteiger partial charge on any atom is -0.250 e. The number of hydrogen-bond acceptors (Lipinski definition) is 1. The number of halogens is 1. The zero-order chi connectivity index (χ0) is 8.55.